The molecule has 0 aliphatic rings. The van der Waals surface area contributed by atoms with E-state index in [1.54, 1.807) is 42.4 Å². The maximum absolute atomic E-state index is 12.3. The molecule has 0 spiro atoms. The first-order valence-corrected chi connectivity index (χ1v) is 6.54. The fraction of sp³-hybridized carbons (Fsp3) is 0.133. The zero-order valence-electron chi connectivity index (χ0n) is 11.1. The Balaban J connectivity index is 2.08. The van der Waals surface area contributed by atoms with Crippen molar-refractivity contribution >= 4 is 23.1 Å². The molecule has 0 radical (unpaired) electrons. The van der Waals surface area contributed by atoms with Gasteiger partial charge in [-0.25, -0.2) is 0 Å². The number of rotatable bonds is 4. The molecule has 102 valence electrons. The molecule has 5 heteroatoms. The van der Waals surface area contributed by atoms with Gasteiger partial charge in [0.25, 0.3) is 5.91 Å². The summed E-state index contributed by atoms with van der Waals surface area (Å²) in [5.74, 6) is -0.0647. The normalized spacial score (nSPS) is 10.1. The molecule has 20 heavy (non-hydrogen) atoms. The summed E-state index contributed by atoms with van der Waals surface area (Å²) in [6.07, 6.45) is 1.71. The van der Waals surface area contributed by atoms with E-state index in [1.165, 1.54) is 0 Å². The third-order valence-electron chi connectivity index (χ3n) is 2.89. The highest BCUT2D eigenvalue weighted by atomic mass is 32.1. The number of pyridine rings is 1. The van der Waals surface area contributed by atoms with Crippen molar-refractivity contribution in [1.82, 2.24) is 9.88 Å². The number of benzene rings is 1. The first-order chi connectivity index (χ1) is 9.58. The summed E-state index contributed by atoms with van der Waals surface area (Å²) in [7, 11) is 1.75. The Hall–Kier alpha value is -2.27. The average Bonchev–Trinajstić information content (AvgIpc) is 2.47. The Labute approximate surface area is 123 Å². The average molecular weight is 285 g/mol. The van der Waals surface area contributed by atoms with E-state index in [-0.39, 0.29) is 5.91 Å². The standard InChI is InChI=1S/C15H15N3OS/c1-18(10-13-4-2-3-9-17-13)15(19)12-7-5-11(6-8-12)14(16)20/h2-9H,10H2,1H3,(H2,16,20). The lowest BCUT2D eigenvalue weighted by atomic mass is 10.1. The van der Waals surface area contributed by atoms with E-state index in [9.17, 15) is 4.79 Å². The molecular weight excluding hydrogens is 270 g/mol. The lowest BCUT2D eigenvalue weighted by molar-refractivity contribution is 0.0783. The van der Waals surface area contributed by atoms with E-state index >= 15 is 0 Å². The minimum absolute atomic E-state index is 0.0647. The fourth-order valence-electron chi connectivity index (χ4n) is 1.80. The Morgan fingerprint density at radius 1 is 1.20 bits per heavy atom. The van der Waals surface area contributed by atoms with Crippen LogP contribution in [-0.4, -0.2) is 27.8 Å². The van der Waals surface area contributed by atoms with Crippen molar-refractivity contribution in [2.24, 2.45) is 5.73 Å². The summed E-state index contributed by atoms with van der Waals surface area (Å²) >= 11 is 4.88. The zero-order chi connectivity index (χ0) is 14.5. The fourth-order valence-corrected chi connectivity index (χ4v) is 1.94. The molecule has 1 aromatic carbocycles. The van der Waals surface area contributed by atoms with Gasteiger partial charge in [0.15, 0.2) is 0 Å². The highest BCUT2D eigenvalue weighted by Gasteiger charge is 2.12. The second kappa shape index (κ2) is 6.25. The topological polar surface area (TPSA) is 59.2 Å². The summed E-state index contributed by atoms with van der Waals surface area (Å²) in [4.78, 5) is 18.4. The van der Waals surface area contributed by atoms with Crippen LogP contribution in [0.1, 0.15) is 21.6 Å². The molecule has 0 saturated carbocycles. The van der Waals surface area contributed by atoms with E-state index < -0.39 is 0 Å². The third-order valence-corrected chi connectivity index (χ3v) is 3.12. The SMILES string of the molecule is CN(Cc1ccccn1)C(=O)c1ccc(C(N)=S)cc1. The van der Waals surface area contributed by atoms with Crippen LogP contribution in [0.25, 0.3) is 0 Å². The Morgan fingerprint density at radius 2 is 1.85 bits per heavy atom. The molecule has 4 nitrogen and oxygen atoms in total. The Morgan fingerprint density at radius 3 is 2.40 bits per heavy atom. The zero-order valence-corrected chi connectivity index (χ0v) is 11.9. The van der Waals surface area contributed by atoms with Crippen molar-refractivity contribution in [2.45, 2.75) is 6.54 Å². The summed E-state index contributed by atoms with van der Waals surface area (Å²) in [5.41, 5.74) is 7.73. The lowest BCUT2D eigenvalue weighted by Crippen LogP contribution is -2.26. The number of amides is 1. The van der Waals surface area contributed by atoms with Gasteiger partial charge < -0.3 is 10.6 Å². The maximum atomic E-state index is 12.3. The van der Waals surface area contributed by atoms with Crippen molar-refractivity contribution in [2.75, 3.05) is 7.05 Å². The van der Waals surface area contributed by atoms with Crippen molar-refractivity contribution in [3.63, 3.8) is 0 Å². The molecule has 0 bridgehead atoms. The minimum Gasteiger partial charge on any atom is -0.389 e. The van der Waals surface area contributed by atoms with Crippen LogP contribution < -0.4 is 5.73 Å². The van der Waals surface area contributed by atoms with E-state index in [4.69, 9.17) is 18.0 Å². The van der Waals surface area contributed by atoms with Crippen LogP contribution in [0.15, 0.2) is 48.7 Å². The number of carbonyl (C=O) groups excluding carboxylic acids is 1. The van der Waals surface area contributed by atoms with Gasteiger partial charge in [-0.1, -0.05) is 30.4 Å². The molecular formula is C15H15N3OS. The lowest BCUT2D eigenvalue weighted by Gasteiger charge is -2.16. The molecule has 2 N–H and O–H groups in total. The monoisotopic (exact) mass is 285 g/mol. The number of hydrogen-bond acceptors (Lipinski definition) is 3. The van der Waals surface area contributed by atoms with E-state index in [2.05, 4.69) is 4.98 Å². The van der Waals surface area contributed by atoms with Crippen LogP contribution in [0.2, 0.25) is 0 Å². The molecule has 1 heterocycles. The first kappa shape index (κ1) is 14.1. The molecule has 0 fully saturated rings. The largest absolute Gasteiger partial charge is 0.389 e. The van der Waals surface area contributed by atoms with Crippen LogP contribution in [0.5, 0.6) is 0 Å². The molecule has 0 aliphatic heterocycles. The number of hydrogen-bond donors (Lipinski definition) is 1. The number of nitrogens with zero attached hydrogens (tertiary/aromatic N) is 2. The first-order valence-electron chi connectivity index (χ1n) is 6.13. The third kappa shape index (κ3) is 3.39. The van der Waals surface area contributed by atoms with Gasteiger partial charge in [-0.3, -0.25) is 9.78 Å². The van der Waals surface area contributed by atoms with Gasteiger partial charge >= 0.3 is 0 Å². The van der Waals surface area contributed by atoms with Gasteiger partial charge in [-0.15, -0.1) is 0 Å². The van der Waals surface area contributed by atoms with Gasteiger partial charge in [0, 0.05) is 24.4 Å². The van der Waals surface area contributed by atoms with E-state index in [0.717, 1.165) is 11.3 Å². The van der Waals surface area contributed by atoms with Gasteiger partial charge in [0.2, 0.25) is 0 Å². The van der Waals surface area contributed by atoms with Crippen molar-refractivity contribution in [1.29, 1.82) is 0 Å². The van der Waals surface area contributed by atoms with Gasteiger partial charge in [-0.05, 0) is 24.3 Å². The van der Waals surface area contributed by atoms with E-state index in [1.807, 2.05) is 18.2 Å². The Bertz CT molecular complexity index is 611. The van der Waals surface area contributed by atoms with Gasteiger partial charge in [0.1, 0.15) is 4.99 Å². The van der Waals surface area contributed by atoms with Crippen LogP contribution in [0.4, 0.5) is 0 Å². The van der Waals surface area contributed by atoms with Gasteiger partial charge in [0.05, 0.1) is 12.2 Å². The predicted molar refractivity (Wildman–Crippen MR) is 82.4 cm³/mol. The molecule has 0 unspecified atom stereocenters. The highest BCUT2D eigenvalue weighted by molar-refractivity contribution is 7.80. The van der Waals surface area contributed by atoms with Crippen LogP contribution in [-0.2, 0) is 6.54 Å². The number of thiocarbonyl (C=S) groups is 1. The predicted octanol–water partition coefficient (Wildman–Crippen LogP) is 1.99. The van der Waals surface area contributed by atoms with E-state index in [0.29, 0.717) is 17.1 Å². The highest BCUT2D eigenvalue weighted by Crippen LogP contribution is 2.09. The van der Waals surface area contributed by atoms with Crippen LogP contribution in [0, 0.1) is 0 Å². The smallest absolute Gasteiger partial charge is 0.253 e. The second-order valence-electron chi connectivity index (χ2n) is 4.42. The summed E-state index contributed by atoms with van der Waals surface area (Å²) in [6.45, 7) is 0.469. The molecule has 2 aromatic rings. The van der Waals surface area contributed by atoms with Crippen LogP contribution in [0.3, 0.4) is 0 Å². The summed E-state index contributed by atoms with van der Waals surface area (Å²) in [6, 6.07) is 12.6. The van der Waals surface area contributed by atoms with Crippen molar-refractivity contribution < 1.29 is 4.79 Å². The second-order valence-corrected chi connectivity index (χ2v) is 4.86. The number of nitrogens with two attached hydrogens (primary N) is 1. The summed E-state index contributed by atoms with van der Waals surface area (Å²) < 4.78 is 0. The van der Waals surface area contributed by atoms with Crippen molar-refractivity contribution in [3.8, 4) is 0 Å². The van der Waals surface area contributed by atoms with Crippen LogP contribution >= 0.6 is 12.2 Å². The summed E-state index contributed by atoms with van der Waals surface area (Å²) in [5, 5.41) is 0. The molecule has 2 rings (SSSR count). The molecule has 1 aromatic heterocycles. The van der Waals surface area contributed by atoms with Crippen molar-refractivity contribution in [3.05, 3.63) is 65.5 Å². The number of aromatic nitrogens is 1. The molecule has 1 amide bonds. The number of carbonyl (C=O) groups is 1. The maximum Gasteiger partial charge on any atom is 0.253 e. The quantitative estimate of drug-likeness (QED) is 0.873. The minimum atomic E-state index is -0.0647. The Kier molecular flexibility index (Phi) is 4.42. The molecule has 0 saturated heterocycles. The molecule has 0 atom stereocenters. The van der Waals surface area contributed by atoms with Gasteiger partial charge in [-0.2, -0.15) is 0 Å². The molecule has 0 aliphatic carbocycles.